The summed E-state index contributed by atoms with van der Waals surface area (Å²) in [5, 5.41) is 0. The predicted octanol–water partition coefficient (Wildman–Crippen LogP) is 2.76. The van der Waals surface area contributed by atoms with Crippen molar-refractivity contribution in [2.24, 2.45) is 0 Å². The molecule has 1 aromatic rings. The molecule has 2 nitrogen and oxygen atoms in total. The third-order valence-electron chi connectivity index (χ3n) is 1.37. The van der Waals surface area contributed by atoms with E-state index in [4.69, 9.17) is 9.15 Å². The summed E-state index contributed by atoms with van der Waals surface area (Å²) in [6, 6.07) is 1.97. The highest BCUT2D eigenvalue weighted by Crippen LogP contribution is 2.07. The van der Waals surface area contributed by atoms with Crippen molar-refractivity contribution in [2.75, 3.05) is 7.11 Å². The summed E-state index contributed by atoms with van der Waals surface area (Å²) in [5.74, 6) is 0.922. The molecule has 0 aliphatic heterocycles. The number of methoxy groups -OCH3 is 1. The molecule has 0 aromatic carbocycles. The lowest BCUT2D eigenvalue weighted by molar-refractivity contribution is 0.338. The second kappa shape index (κ2) is 4.44. The van der Waals surface area contributed by atoms with E-state index in [9.17, 15) is 0 Å². The topological polar surface area (TPSA) is 22.4 Å². The van der Waals surface area contributed by atoms with Crippen molar-refractivity contribution in [1.29, 1.82) is 0 Å². The first-order valence-electron chi connectivity index (χ1n) is 3.74. The summed E-state index contributed by atoms with van der Waals surface area (Å²) >= 11 is 0. The van der Waals surface area contributed by atoms with Gasteiger partial charge in [-0.05, 0) is 19.1 Å². The zero-order chi connectivity index (χ0) is 8.81. The average molecular weight is 164 g/mol. The highest BCUT2D eigenvalue weighted by atomic mass is 16.5. The van der Waals surface area contributed by atoms with E-state index < -0.39 is 0 Å². The molecule has 0 bridgehead atoms. The van der Waals surface area contributed by atoms with Gasteiger partial charge in [-0.15, -0.1) is 0 Å². The molecule has 0 unspecified atom stereocenters. The van der Waals surface area contributed by atoms with Crippen LogP contribution < -0.4 is 0 Å². The highest BCUT2D eigenvalue weighted by Gasteiger charge is 1.89. The smallest absolute Gasteiger partial charge is 0.101 e. The van der Waals surface area contributed by atoms with Crippen molar-refractivity contribution in [1.82, 2.24) is 0 Å². The van der Waals surface area contributed by atoms with Crippen LogP contribution in [0.4, 0.5) is 0 Å². The third-order valence-corrected chi connectivity index (χ3v) is 1.37. The summed E-state index contributed by atoms with van der Waals surface area (Å²) in [7, 11) is 1.62. The van der Waals surface area contributed by atoms with Crippen LogP contribution in [0.2, 0.25) is 0 Å². The third kappa shape index (κ3) is 2.66. The minimum Gasteiger partial charge on any atom is -0.504 e. The Morgan fingerprint density at radius 1 is 1.42 bits per heavy atom. The lowest BCUT2D eigenvalue weighted by Gasteiger charge is -1.81. The predicted molar refractivity (Wildman–Crippen MR) is 48.6 cm³/mol. The second-order valence-electron chi connectivity index (χ2n) is 2.41. The lowest BCUT2D eigenvalue weighted by atomic mass is 10.3. The van der Waals surface area contributed by atoms with Crippen LogP contribution >= 0.6 is 0 Å². The SMILES string of the molecule is CO/C=C/C=C\c1coc(C)c1. The van der Waals surface area contributed by atoms with Crippen molar-refractivity contribution >= 4 is 6.08 Å². The van der Waals surface area contributed by atoms with Crippen LogP contribution in [0.5, 0.6) is 0 Å². The molecule has 1 heterocycles. The van der Waals surface area contributed by atoms with Gasteiger partial charge in [0, 0.05) is 5.56 Å². The standard InChI is InChI=1S/C10H12O2/c1-9-7-10(8-12-9)5-3-4-6-11-2/h3-8H,1-2H3/b5-3-,6-4+. The molecule has 0 radical (unpaired) electrons. The molecule has 0 saturated heterocycles. The number of aryl methyl sites for hydroxylation is 1. The number of furan rings is 1. The maximum absolute atomic E-state index is 5.11. The van der Waals surface area contributed by atoms with Crippen LogP contribution in [0.1, 0.15) is 11.3 Å². The summed E-state index contributed by atoms with van der Waals surface area (Å²) in [4.78, 5) is 0. The Morgan fingerprint density at radius 3 is 2.83 bits per heavy atom. The highest BCUT2D eigenvalue weighted by molar-refractivity contribution is 5.49. The average Bonchev–Trinajstić information content (AvgIpc) is 2.45. The minimum atomic E-state index is 0.922. The largest absolute Gasteiger partial charge is 0.504 e. The first kappa shape index (κ1) is 8.65. The molecule has 0 N–H and O–H groups in total. The van der Waals surface area contributed by atoms with E-state index in [1.54, 1.807) is 19.6 Å². The molecule has 0 saturated carbocycles. The number of allylic oxidation sites excluding steroid dienone is 2. The zero-order valence-corrected chi connectivity index (χ0v) is 7.28. The van der Waals surface area contributed by atoms with Gasteiger partial charge in [0.05, 0.1) is 19.6 Å². The van der Waals surface area contributed by atoms with Crippen molar-refractivity contribution in [3.8, 4) is 0 Å². The molecule has 0 aliphatic carbocycles. The molecule has 0 aliphatic rings. The summed E-state index contributed by atoms with van der Waals surface area (Å²) in [6.45, 7) is 1.92. The molecule has 0 fully saturated rings. The van der Waals surface area contributed by atoms with Crippen LogP contribution in [0, 0.1) is 6.92 Å². The molecule has 0 atom stereocenters. The molecule has 0 spiro atoms. The molecular formula is C10H12O2. The molecular weight excluding hydrogens is 152 g/mol. The Labute approximate surface area is 72.1 Å². The van der Waals surface area contributed by atoms with E-state index >= 15 is 0 Å². The van der Waals surface area contributed by atoms with Crippen LogP contribution in [0.15, 0.2) is 35.2 Å². The fraction of sp³-hybridized carbons (Fsp3) is 0.200. The van der Waals surface area contributed by atoms with E-state index in [-0.39, 0.29) is 0 Å². The molecule has 1 rings (SSSR count). The van der Waals surface area contributed by atoms with E-state index in [0.717, 1.165) is 11.3 Å². The van der Waals surface area contributed by atoms with E-state index in [0.29, 0.717) is 0 Å². The maximum Gasteiger partial charge on any atom is 0.101 e. The molecule has 0 amide bonds. The lowest BCUT2D eigenvalue weighted by Crippen LogP contribution is -1.62. The molecule has 64 valence electrons. The van der Waals surface area contributed by atoms with Crippen LogP contribution in [0.3, 0.4) is 0 Å². The summed E-state index contributed by atoms with van der Waals surface area (Å²) < 4.78 is 9.84. The number of hydrogen-bond donors (Lipinski definition) is 0. The van der Waals surface area contributed by atoms with Gasteiger partial charge in [-0.2, -0.15) is 0 Å². The number of ether oxygens (including phenoxy) is 1. The number of rotatable bonds is 3. The van der Waals surface area contributed by atoms with Gasteiger partial charge >= 0.3 is 0 Å². The quantitative estimate of drug-likeness (QED) is 0.506. The van der Waals surface area contributed by atoms with Gasteiger partial charge in [-0.1, -0.05) is 12.2 Å². The van der Waals surface area contributed by atoms with Crippen molar-refractivity contribution in [2.45, 2.75) is 6.92 Å². The Bertz CT molecular complexity index is 282. The first-order valence-corrected chi connectivity index (χ1v) is 3.74. The Kier molecular flexibility index (Phi) is 3.20. The second-order valence-corrected chi connectivity index (χ2v) is 2.41. The van der Waals surface area contributed by atoms with Gasteiger partial charge in [0.2, 0.25) is 0 Å². The molecule has 12 heavy (non-hydrogen) atoms. The summed E-state index contributed by atoms with van der Waals surface area (Å²) in [6.07, 6.45) is 9.00. The Balaban J connectivity index is 2.51. The van der Waals surface area contributed by atoms with Crippen LogP contribution in [-0.4, -0.2) is 7.11 Å². The van der Waals surface area contributed by atoms with Gasteiger partial charge in [0.25, 0.3) is 0 Å². The normalized spacial score (nSPS) is 11.5. The van der Waals surface area contributed by atoms with E-state index in [1.165, 1.54) is 0 Å². The monoisotopic (exact) mass is 164 g/mol. The molecule has 2 heteroatoms. The van der Waals surface area contributed by atoms with Gasteiger partial charge in [0.1, 0.15) is 5.76 Å². The van der Waals surface area contributed by atoms with Crippen molar-refractivity contribution in [3.05, 3.63) is 42.1 Å². The van der Waals surface area contributed by atoms with Gasteiger partial charge in [-0.25, -0.2) is 0 Å². The van der Waals surface area contributed by atoms with Gasteiger partial charge in [-0.3, -0.25) is 0 Å². The fourth-order valence-electron chi connectivity index (χ4n) is 0.842. The Morgan fingerprint density at radius 2 is 2.25 bits per heavy atom. The van der Waals surface area contributed by atoms with E-state index in [1.807, 2.05) is 31.2 Å². The summed E-state index contributed by atoms with van der Waals surface area (Å²) in [5.41, 5.74) is 1.06. The number of hydrogen-bond acceptors (Lipinski definition) is 2. The Hall–Kier alpha value is -1.44. The van der Waals surface area contributed by atoms with Gasteiger partial charge in [0.15, 0.2) is 0 Å². The minimum absolute atomic E-state index is 0.922. The van der Waals surface area contributed by atoms with Crippen LogP contribution in [0.25, 0.3) is 6.08 Å². The van der Waals surface area contributed by atoms with Crippen molar-refractivity contribution in [3.63, 3.8) is 0 Å². The van der Waals surface area contributed by atoms with Gasteiger partial charge < -0.3 is 9.15 Å². The zero-order valence-electron chi connectivity index (χ0n) is 7.28. The fourth-order valence-corrected chi connectivity index (χ4v) is 0.842. The first-order chi connectivity index (χ1) is 5.83. The maximum atomic E-state index is 5.11. The van der Waals surface area contributed by atoms with E-state index in [2.05, 4.69) is 0 Å². The van der Waals surface area contributed by atoms with Crippen molar-refractivity contribution < 1.29 is 9.15 Å². The molecule has 1 aromatic heterocycles. The van der Waals surface area contributed by atoms with Crippen LogP contribution in [-0.2, 0) is 4.74 Å².